The fourth-order valence-electron chi connectivity index (χ4n) is 5.93. The summed E-state index contributed by atoms with van der Waals surface area (Å²) in [6, 6.07) is 11.9. The average molecular weight is 581 g/mol. The molecule has 2 saturated heterocycles. The van der Waals surface area contributed by atoms with Crippen LogP contribution in [0, 0.1) is 11.7 Å². The lowest BCUT2D eigenvalue weighted by atomic mass is 9.70. The Morgan fingerprint density at radius 2 is 1.97 bits per heavy atom. The van der Waals surface area contributed by atoms with E-state index in [1.54, 1.807) is 24.3 Å². The molecule has 39 heavy (non-hydrogen) atoms. The Kier molecular flexibility index (Phi) is 10.0. The van der Waals surface area contributed by atoms with Gasteiger partial charge in [-0.1, -0.05) is 29.8 Å². The smallest absolute Gasteiger partial charge is 0.211 e. The van der Waals surface area contributed by atoms with Crippen LogP contribution in [-0.2, 0) is 26.0 Å². The van der Waals surface area contributed by atoms with Crippen LogP contribution in [0.3, 0.4) is 0 Å². The number of hydrogen-bond donors (Lipinski definition) is 3. The maximum atomic E-state index is 15.1. The van der Waals surface area contributed by atoms with E-state index < -0.39 is 15.6 Å². The van der Waals surface area contributed by atoms with E-state index >= 15 is 4.39 Å². The molecule has 0 aromatic heterocycles. The van der Waals surface area contributed by atoms with Crippen molar-refractivity contribution in [1.29, 1.82) is 0 Å². The van der Waals surface area contributed by atoms with Gasteiger partial charge in [-0.05, 0) is 61.4 Å². The van der Waals surface area contributed by atoms with Gasteiger partial charge in [0.05, 0.1) is 11.8 Å². The number of nitrogens with one attached hydrogen (secondary N) is 2. The summed E-state index contributed by atoms with van der Waals surface area (Å²) in [5.74, 6) is -0.552. The van der Waals surface area contributed by atoms with Gasteiger partial charge >= 0.3 is 0 Å². The van der Waals surface area contributed by atoms with Crippen molar-refractivity contribution in [3.05, 3.63) is 64.4 Å². The molecular weight excluding hydrogens is 543 g/mol. The monoisotopic (exact) mass is 580 g/mol. The Hall–Kier alpha value is -2.08. The molecule has 3 atom stereocenters. The first-order chi connectivity index (χ1) is 18.6. The van der Waals surface area contributed by atoms with Gasteiger partial charge < -0.3 is 25.9 Å². The van der Waals surface area contributed by atoms with Gasteiger partial charge in [0.2, 0.25) is 10.0 Å². The first kappa shape index (κ1) is 29.9. The van der Waals surface area contributed by atoms with E-state index in [1.807, 2.05) is 12.1 Å². The number of piperazine rings is 1. The Balaban J connectivity index is 1.55. The molecule has 4 N–H and O–H groups in total. The summed E-state index contributed by atoms with van der Waals surface area (Å²) in [5.41, 5.74) is 7.49. The van der Waals surface area contributed by atoms with Crippen molar-refractivity contribution >= 4 is 33.6 Å². The van der Waals surface area contributed by atoms with E-state index in [0.29, 0.717) is 62.0 Å². The van der Waals surface area contributed by atoms with E-state index in [1.165, 1.54) is 16.6 Å². The summed E-state index contributed by atoms with van der Waals surface area (Å²) in [6.07, 6.45) is 4.33. The summed E-state index contributed by atoms with van der Waals surface area (Å²) in [5, 5.41) is 7.10. The number of sulfonamides is 1. The molecule has 214 valence electrons. The van der Waals surface area contributed by atoms with Crippen molar-refractivity contribution < 1.29 is 22.3 Å². The molecule has 2 fully saturated rings. The molecule has 0 bridgehead atoms. The largest absolute Gasteiger partial charge is 0.382 e. The molecule has 2 aromatic carbocycles. The zero-order valence-corrected chi connectivity index (χ0v) is 23.8. The summed E-state index contributed by atoms with van der Waals surface area (Å²) < 4.78 is 46.7. The highest BCUT2D eigenvalue weighted by Gasteiger charge is 2.41. The van der Waals surface area contributed by atoms with Crippen LogP contribution in [0.5, 0.6) is 0 Å². The van der Waals surface area contributed by atoms with Gasteiger partial charge in [-0.3, -0.25) is 0 Å². The van der Waals surface area contributed by atoms with Crippen molar-refractivity contribution in [1.82, 2.24) is 9.62 Å². The topological polar surface area (TPSA) is 114 Å². The second-order valence-electron chi connectivity index (χ2n) is 10.6. The Morgan fingerprint density at radius 1 is 1.26 bits per heavy atom. The molecule has 2 aliphatic heterocycles. The van der Waals surface area contributed by atoms with Gasteiger partial charge in [0.25, 0.3) is 0 Å². The third-order valence-electron chi connectivity index (χ3n) is 7.92. The molecule has 0 aliphatic carbocycles. The number of ether oxygens (including phenoxy) is 1. The third-order valence-corrected chi connectivity index (χ3v) is 9.50. The van der Waals surface area contributed by atoms with E-state index in [9.17, 15) is 13.2 Å². The Labute approximate surface area is 235 Å². The minimum absolute atomic E-state index is 0.0953. The molecule has 2 aromatic rings. The fraction of sp³-hybridized carbons (Fsp3) is 0.536. The molecule has 8 nitrogen and oxygen atoms in total. The summed E-state index contributed by atoms with van der Waals surface area (Å²) in [7, 11) is -3.37. The Bertz CT molecular complexity index is 1230. The number of benzene rings is 2. The quantitative estimate of drug-likeness (QED) is 0.350. The van der Waals surface area contributed by atoms with Crippen molar-refractivity contribution in [3.63, 3.8) is 0 Å². The van der Waals surface area contributed by atoms with Crippen LogP contribution in [0.2, 0.25) is 5.02 Å². The molecule has 0 amide bonds. The van der Waals surface area contributed by atoms with Crippen LogP contribution in [0.15, 0.2) is 42.5 Å². The highest BCUT2D eigenvalue weighted by Crippen LogP contribution is 2.39. The maximum Gasteiger partial charge on any atom is 0.211 e. The van der Waals surface area contributed by atoms with E-state index in [4.69, 9.17) is 22.1 Å². The van der Waals surface area contributed by atoms with Crippen LogP contribution in [0.1, 0.15) is 36.3 Å². The van der Waals surface area contributed by atoms with E-state index in [2.05, 4.69) is 10.6 Å². The van der Waals surface area contributed by atoms with Gasteiger partial charge in [0, 0.05) is 67.6 Å². The number of rotatable bonds is 11. The normalized spacial score (nSPS) is 21.7. The second-order valence-corrected chi connectivity index (χ2v) is 13.0. The predicted octanol–water partition coefficient (Wildman–Crippen LogP) is 3.16. The average Bonchev–Trinajstić information content (AvgIpc) is 2.93. The molecule has 4 rings (SSSR count). The first-order valence-electron chi connectivity index (χ1n) is 13.4. The highest BCUT2D eigenvalue weighted by molar-refractivity contribution is 7.88. The fourth-order valence-corrected chi connectivity index (χ4v) is 7.20. The number of nitrogens with two attached hydrogens (primary N) is 1. The summed E-state index contributed by atoms with van der Waals surface area (Å²) >= 11 is 6.13. The molecular formula is C28H38ClFN4O4S. The molecule has 2 heterocycles. The van der Waals surface area contributed by atoms with Gasteiger partial charge in [0.15, 0.2) is 0 Å². The number of carbonyl (C=O) groups excluding carboxylic acids is 1. The molecule has 2 aliphatic rings. The lowest BCUT2D eigenvalue weighted by Crippen LogP contribution is -2.55. The molecule has 0 saturated carbocycles. The van der Waals surface area contributed by atoms with Crippen LogP contribution in [0.25, 0.3) is 0 Å². The summed E-state index contributed by atoms with van der Waals surface area (Å²) in [4.78, 5) is 12.6. The van der Waals surface area contributed by atoms with Gasteiger partial charge in [-0.15, -0.1) is 0 Å². The zero-order valence-electron chi connectivity index (χ0n) is 22.2. The van der Waals surface area contributed by atoms with Crippen molar-refractivity contribution in [2.24, 2.45) is 11.7 Å². The van der Waals surface area contributed by atoms with Crippen molar-refractivity contribution in [3.8, 4) is 0 Å². The van der Waals surface area contributed by atoms with Gasteiger partial charge in [-0.25, -0.2) is 12.8 Å². The van der Waals surface area contributed by atoms with Crippen LogP contribution in [0.4, 0.5) is 10.1 Å². The summed E-state index contributed by atoms with van der Waals surface area (Å²) in [6.45, 7) is 2.78. The number of halogens is 2. The van der Waals surface area contributed by atoms with Crippen LogP contribution >= 0.6 is 11.6 Å². The van der Waals surface area contributed by atoms with Crippen LogP contribution < -0.4 is 16.4 Å². The second kappa shape index (κ2) is 13.1. The lowest BCUT2D eigenvalue weighted by Gasteiger charge is -2.40. The van der Waals surface area contributed by atoms with Gasteiger partial charge in [0.1, 0.15) is 12.1 Å². The number of anilines is 1. The van der Waals surface area contributed by atoms with Crippen LogP contribution in [-0.4, -0.2) is 76.2 Å². The SMILES string of the molecule is CS(=O)(=O)N1CCNC[C@@H]1CCc1c(F)cccc1NC[C@](N)(C=O)[C@@H](c1ccc(Cl)cc1)C1CCOCC1. The first-order valence-corrected chi connectivity index (χ1v) is 15.6. The maximum absolute atomic E-state index is 15.1. The molecule has 0 radical (unpaired) electrons. The van der Waals surface area contributed by atoms with E-state index in [0.717, 1.165) is 24.7 Å². The number of aldehydes is 1. The predicted molar refractivity (Wildman–Crippen MR) is 152 cm³/mol. The molecule has 0 unspecified atom stereocenters. The highest BCUT2D eigenvalue weighted by atomic mass is 35.5. The number of carbonyl (C=O) groups is 1. The zero-order chi connectivity index (χ0) is 28.0. The van der Waals surface area contributed by atoms with E-state index in [-0.39, 0.29) is 30.2 Å². The number of hydrogen-bond acceptors (Lipinski definition) is 7. The minimum atomic E-state index is -3.37. The Morgan fingerprint density at radius 3 is 2.64 bits per heavy atom. The van der Waals surface area contributed by atoms with Crippen molar-refractivity contribution in [2.45, 2.75) is 43.2 Å². The molecule has 11 heteroatoms. The van der Waals surface area contributed by atoms with Crippen molar-refractivity contribution in [2.75, 3.05) is 51.0 Å². The minimum Gasteiger partial charge on any atom is -0.382 e. The third kappa shape index (κ3) is 7.36. The number of nitrogens with zero attached hydrogens (tertiary/aromatic N) is 1. The standard InChI is InChI=1S/C28H38ClFN4O4S/c1-39(36,37)34-14-13-32-17-23(34)9-10-24-25(30)3-2-4-26(24)33-18-28(31,19-35)27(21-11-15-38-16-12-21)20-5-7-22(29)8-6-20/h2-8,19,21,23,27,32-33H,9-18,31H2,1H3/t23-,27-,28-/m0/s1. The molecule has 0 spiro atoms. The lowest BCUT2D eigenvalue weighted by molar-refractivity contribution is -0.113. The van der Waals surface area contributed by atoms with Gasteiger partial charge in [-0.2, -0.15) is 4.31 Å².